The summed E-state index contributed by atoms with van der Waals surface area (Å²) < 4.78 is 10.0. The van der Waals surface area contributed by atoms with Gasteiger partial charge in [-0.2, -0.15) is 5.10 Å². The van der Waals surface area contributed by atoms with Gasteiger partial charge in [0.05, 0.1) is 17.4 Å². The number of ether oxygens (including phenoxy) is 1. The van der Waals surface area contributed by atoms with Gasteiger partial charge in [-0.1, -0.05) is 17.3 Å². The maximum atomic E-state index is 6.15. The molecule has 0 aliphatic carbocycles. The molecule has 2 aliphatic rings. The van der Waals surface area contributed by atoms with Crippen LogP contribution in [0.2, 0.25) is 0 Å². The fourth-order valence-corrected chi connectivity index (χ4v) is 5.85. The molecular weight excluding hydrogens is 500 g/mol. The molecule has 0 amide bonds. The number of hydrogen-bond donors (Lipinski definition) is 1. The van der Waals surface area contributed by atoms with Crippen LogP contribution in [-0.4, -0.2) is 57.0 Å². The maximum Gasteiger partial charge on any atom is 0.150 e. The molecule has 2 aromatic carbocycles. The van der Waals surface area contributed by atoms with E-state index in [1.807, 2.05) is 46.8 Å². The molecule has 2 unspecified atom stereocenters. The zero-order valence-corrected chi connectivity index (χ0v) is 23.2. The molecule has 7 rings (SSSR count). The number of benzene rings is 2. The van der Waals surface area contributed by atoms with Crippen LogP contribution in [0.4, 0.5) is 5.82 Å². The number of fused-ring (bicyclic) bond motifs is 2. The molecule has 9 nitrogen and oxygen atoms in total. The van der Waals surface area contributed by atoms with Gasteiger partial charge in [-0.05, 0) is 92.2 Å². The van der Waals surface area contributed by atoms with Gasteiger partial charge in [0.2, 0.25) is 0 Å². The number of anilines is 1. The number of nitrogens with zero attached hydrogens (tertiary/aromatic N) is 7. The van der Waals surface area contributed by atoms with Crippen LogP contribution in [-0.2, 0) is 11.2 Å². The Balaban J connectivity index is 1.31. The van der Waals surface area contributed by atoms with Crippen LogP contribution in [0, 0.1) is 0 Å². The number of nitrogens with one attached hydrogen (secondary N) is 1. The Morgan fingerprint density at radius 2 is 1.93 bits per heavy atom. The largest absolute Gasteiger partial charge is 0.363 e. The van der Waals surface area contributed by atoms with Crippen molar-refractivity contribution in [2.75, 3.05) is 32.1 Å². The lowest BCUT2D eigenvalue weighted by atomic mass is 9.95. The standard InChI is InChI=1S/C31H34N8O/c1-20-25-17-24(10-7-21(25)13-14-32-20)38-19-27(34-36-38)31-26-16-22(23-9-12-29(33-18-23)37(2)3)8-11-28(26)39(35-31)30-6-4-5-15-40-30/h7-12,16-20,30,32H,4-6,13-15H2,1-3H3. The van der Waals surface area contributed by atoms with Crippen molar-refractivity contribution in [3.8, 4) is 28.2 Å². The summed E-state index contributed by atoms with van der Waals surface area (Å²) in [7, 11) is 3.99. The van der Waals surface area contributed by atoms with Gasteiger partial charge in [0.25, 0.3) is 0 Å². The molecule has 0 radical (unpaired) electrons. The predicted octanol–water partition coefficient (Wildman–Crippen LogP) is 5.32. The van der Waals surface area contributed by atoms with Crippen LogP contribution in [0.3, 0.4) is 0 Å². The first-order valence-corrected chi connectivity index (χ1v) is 14.1. The first-order chi connectivity index (χ1) is 19.5. The van der Waals surface area contributed by atoms with E-state index in [1.165, 1.54) is 11.1 Å². The minimum absolute atomic E-state index is 0.0819. The summed E-state index contributed by atoms with van der Waals surface area (Å²) >= 11 is 0. The molecule has 3 aromatic heterocycles. The Bertz CT molecular complexity index is 1660. The Labute approximate surface area is 233 Å². The van der Waals surface area contributed by atoms with Gasteiger partial charge in [0.1, 0.15) is 17.2 Å². The molecule has 0 spiro atoms. The summed E-state index contributed by atoms with van der Waals surface area (Å²) in [5, 5.41) is 18.8. The van der Waals surface area contributed by atoms with E-state index in [4.69, 9.17) is 9.84 Å². The van der Waals surface area contributed by atoms with Crippen molar-refractivity contribution in [2.24, 2.45) is 0 Å². The zero-order valence-electron chi connectivity index (χ0n) is 23.2. The lowest BCUT2D eigenvalue weighted by Crippen LogP contribution is -2.27. The summed E-state index contributed by atoms with van der Waals surface area (Å²) in [5.74, 6) is 0.928. The normalized spacial score (nSPS) is 19.1. The third-order valence-corrected chi connectivity index (χ3v) is 8.12. The minimum atomic E-state index is -0.0819. The number of hydrogen-bond acceptors (Lipinski definition) is 7. The molecule has 204 valence electrons. The number of aromatic nitrogens is 6. The molecule has 40 heavy (non-hydrogen) atoms. The Morgan fingerprint density at radius 3 is 2.73 bits per heavy atom. The molecule has 1 N–H and O–H groups in total. The highest BCUT2D eigenvalue weighted by Gasteiger charge is 2.24. The van der Waals surface area contributed by atoms with Crippen LogP contribution in [0.15, 0.2) is 60.9 Å². The fraction of sp³-hybridized carbons (Fsp3) is 0.355. The molecule has 1 saturated heterocycles. The Hall–Kier alpha value is -4.08. The Morgan fingerprint density at radius 1 is 1.02 bits per heavy atom. The zero-order chi connectivity index (χ0) is 27.2. The van der Waals surface area contributed by atoms with Crippen LogP contribution >= 0.6 is 0 Å². The second kappa shape index (κ2) is 10.1. The van der Waals surface area contributed by atoms with E-state index in [0.717, 1.165) is 83.8 Å². The average Bonchev–Trinajstić information content (AvgIpc) is 3.63. The number of rotatable bonds is 5. The third kappa shape index (κ3) is 4.45. The summed E-state index contributed by atoms with van der Waals surface area (Å²) in [6.45, 7) is 3.98. The van der Waals surface area contributed by atoms with Crippen molar-refractivity contribution < 1.29 is 4.74 Å². The monoisotopic (exact) mass is 534 g/mol. The maximum absolute atomic E-state index is 6.15. The van der Waals surface area contributed by atoms with Crippen molar-refractivity contribution in [3.63, 3.8) is 0 Å². The van der Waals surface area contributed by atoms with Gasteiger partial charge in [0, 0.05) is 43.9 Å². The van der Waals surface area contributed by atoms with Crippen LogP contribution in [0.5, 0.6) is 0 Å². The van der Waals surface area contributed by atoms with Crippen molar-refractivity contribution in [1.82, 2.24) is 35.1 Å². The summed E-state index contributed by atoms with van der Waals surface area (Å²) in [6, 6.07) is 17.5. The molecule has 9 heteroatoms. The van der Waals surface area contributed by atoms with Crippen molar-refractivity contribution in [3.05, 3.63) is 72.1 Å². The smallest absolute Gasteiger partial charge is 0.150 e. The average molecular weight is 535 g/mol. The first-order valence-electron chi connectivity index (χ1n) is 14.1. The summed E-state index contributed by atoms with van der Waals surface area (Å²) in [5.41, 5.74) is 8.44. The van der Waals surface area contributed by atoms with E-state index < -0.39 is 0 Å². The second-order valence-corrected chi connectivity index (χ2v) is 11.0. The summed E-state index contributed by atoms with van der Waals surface area (Å²) in [6.07, 6.45) is 8.04. The fourth-order valence-electron chi connectivity index (χ4n) is 5.85. The van der Waals surface area contributed by atoms with Gasteiger partial charge >= 0.3 is 0 Å². The molecule has 0 saturated carbocycles. The van der Waals surface area contributed by atoms with E-state index in [0.29, 0.717) is 6.04 Å². The Kier molecular flexibility index (Phi) is 6.32. The van der Waals surface area contributed by atoms with Gasteiger partial charge in [-0.15, -0.1) is 5.10 Å². The SMILES string of the molecule is CC1NCCc2ccc(-n3cc(-c4nn(C5CCCCO5)c5ccc(-c6ccc(N(C)C)nc6)cc45)nn3)cc21. The molecule has 5 heterocycles. The van der Waals surface area contributed by atoms with E-state index in [2.05, 4.69) is 70.0 Å². The topological polar surface area (TPSA) is 85.9 Å². The van der Waals surface area contributed by atoms with Crippen molar-refractivity contribution in [2.45, 2.75) is 44.9 Å². The quantitative estimate of drug-likeness (QED) is 0.327. The minimum Gasteiger partial charge on any atom is -0.363 e. The van der Waals surface area contributed by atoms with Crippen molar-refractivity contribution >= 4 is 16.7 Å². The van der Waals surface area contributed by atoms with Gasteiger partial charge in [-0.3, -0.25) is 0 Å². The molecule has 2 aliphatic heterocycles. The highest BCUT2D eigenvalue weighted by Crippen LogP contribution is 2.35. The van der Waals surface area contributed by atoms with Crippen molar-refractivity contribution in [1.29, 1.82) is 0 Å². The lowest BCUT2D eigenvalue weighted by molar-refractivity contribution is -0.0365. The highest BCUT2D eigenvalue weighted by molar-refractivity contribution is 5.95. The first kappa shape index (κ1) is 24.9. The molecule has 0 bridgehead atoms. The predicted molar refractivity (Wildman–Crippen MR) is 157 cm³/mol. The molecule has 2 atom stereocenters. The van der Waals surface area contributed by atoms with Gasteiger partial charge in [0.15, 0.2) is 6.23 Å². The van der Waals surface area contributed by atoms with E-state index in [9.17, 15) is 0 Å². The summed E-state index contributed by atoms with van der Waals surface area (Å²) in [4.78, 5) is 6.62. The lowest BCUT2D eigenvalue weighted by Gasteiger charge is -2.24. The second-order valence-electron chi connectivity index (χ2n) is 11.0. The van der Waals surface area contributed by atoms with Gasteiger partial charge in [-0.25, -0.2) is 14.3 Å². The molecule has 1 fully saturated rings. The van der Waals surface area contributed by atoms with E-state index in [1.54, 1.807) is 0 Å². The van der Waals surface area contributed by atoms with Crippen LogP contribution < -0.4 is 10.2 Å². The van der Waals surface area contributed by atoms with Crippen LogP contribution in [0.1, 0.15) is 49.6 Å². The number of pyridine rings is 1. The molecular formula is C31H34N8O. The van der Waals surface area contributed by atoms with E-state index >= 15 is 0 Å². The van der Waals surface area contributed by atoms with Gasteiger partial charge < -0.3 is 15.0 Å². The van der Waals surface area contributed by atoms with Crippen LogP contribution in [0.25, 0.3) is 39.1 Å². The third-order valence-electron chi connectivity index (χ3n) is 8.12. The molecule has 5 aromatic rings. The van der Waals surface area contributed by atoms with E-state index in [-0.39, 0.29) is 6.23 Å². The highest BCUT2D eigenvalue weighted by atomic mass is 16.5.